The summed E-state index contributed by atoms with van der Waals surface area (Å²) in [6.07, 6.45) is 9.20. The summed E-state index contributed by atoms with van der Waals surface area (Å²) >= 11 is 5.86. The average molecular weight is 456 g/mol. The van der Waals surface area contributed by atoms with Crippen LogP contribution < -0.4 is 10.2 Å². The first-order valence-corrected chi connectivity index (χ1v) is 12.0. The number of anilines is 1. The maximum Gasteiger partial charge on any atom is 0.337 e. The zero-order valence-electron chi connectivity index (χ0n) is 18.2. The van der Waals surface area contributed by atoms with Crippen LogP contribution in [0, 0.1) is 17.8 Å². The topological polar surface area (TPSA) is 67.8 Å². The van der Waals surface area contributed by atoms with Gasteiger partial charge in [-0.25, -0.2) is 4.79 Å². The minimum Gasteiger partial charge on any atom is -0.494 e. The van der Waals surface area contributed by atoms with E-state index in [0.717, 1.165) is 23.5 Å². The molecule has 4 saturated carbocycles. The minimum atomic E-state index is -1.06. The molecule has 0 radical (unpaired) electrons. The number of aromatic carboxylic acids is 1. The fraction of sp³-hybridized carbons (Fsp3) is 0.500. The number of hydrogen-bond acceptors (Lipinski definition) is 4. The summed E-state index contributed by atoms with van der Waals surface area (Å²) in [6, 6.07) is 13.4. The molecule has 4 aliphatic carbocycles. The van der Waals surface area contributed by atoms with Crippen molar-refractivity contribution in [1.82, 2.24) is 0 Å². The lowest BCUT2D eigenvalue weighted by molar-refractivity contribution is -0.00520. The van der Waals surface area contributed by atoms with Crippen molar-refractivity contribution in [1.29, 1.82) is 0 Å². The number of carboxylic acid groups (broad SMARTS) is 1. The monoisotopic (exact) mass is 455 g/mol. The van der Waals surface area contributed by atoms with Crippen LogP contribution in [0.25, 0.3) is 0 Å². The molecule has 0 saturated heterocycles. The van der Waals surface area contributed by atoms with Crippen molar-refractivity contribution in [3.05, 3.63) is 58.6 Å². The van der Waals surface area contributed by atoms with Gasteiger partial charge in [0.15, 0.2) is 0 Å². The van der Waals surface area contributed by atoms with Crippen LogP contribution in [0.15, 0.2) is 42.5 Å². The van der Waals surface area contributed by atoms with E-state index in [2.05, 4.69) is 29.7 Å². The lowest BCUT2D eigenvalue weighted by Gasteiger charge is -2.57. The lowest BCUT2D eigenvalue weighted by atomic mass is 9.48. The molecule has 6 rings (SSSR count). The molecule has 4 fully saturated rings. The van der Waals surface area contributed by atoms with E-state index in [1.807, 2.05) is 0 Å². The lowest BCUT2D eigenvalue weighted by Crippen LogP contribution is -2.48. The van der Waals surface area contributed by atoms with Crippen molar-refractivity contribution < 1.29 is 19.5 Å². The zero-order chi connectivity index (χ0) is 22.1. The van der Waals surface area contributed by atoms with Gasteiger partial charge in [0.2, 0.25) is 0 Å². The van der Waals surface area contributed by atoms with Gasteiger partial charge in [0.1, 0.15) is 5.75 Å². The number of halogens is 1. The van der Waals surface area contributed by atoms with Crippen LogP contribution in [0.2, 0.25) is 5.02 Å². The molecule has 2 aromatic carbocycles. The Morgan fingerprint density at radius 3 is 2.28 bits per heavy atom. The van der Waals surface area contributed by atoms with Crippen molar-refractivity contribution >= 4 is 23.3 Å². The standard InChI is InChI=1S/C26H30ClNO4/c27-21-4-7-24(23(13-21)25(29)30)28-32-9-1-8-31-22-5-2-20(3-6-22)26-14-17-10-18(15-26)12-19(11-17)16-26/h2-7,13,17-19,28H,1,8-12,14-16H2,(H,29,30). The highest BCUT2D eigenvalue weighted by molar-refractivity contribution is 6.31. The number of carboxylic acids is 1. The number of rotatable bonds is 9. The van der Waals surface area contributed by atoms with Gasteiger partial charge >= 0.3 is 5.97 Å². The summed E-state index contributed by atoms with van der Waals surface area (Å²) in [5.41, 5.74) is 5.08. The molecule has 0 aromatic heterocycles. The van der Waals surface area contributed by atoms with Gasteiger partial charge in [-0.05, 0) is 97.6 Å². The summed E-state index contributed by atoms with van der Waals surface area (Å²) in [4.78, 5) is 16.7. The van der Waals surface area contributed by atoms with E-state index >= 15 is 0 Å². The maximum atomic E-state index is 11.3. The maximum absolute atomic E-state index is 11.3. The van der Waals surface area contributed by atoms with Gasteiger partial charge in [-0.2, -0.15) is 0 Å². The van der Waals surface area contributed by atoms with E-state index in [4.69, 9.17) is 21.2 Å². The van der Waals surface area contributed by atoms with Crippen molar-refractivity contribution in [2.75, 3.05) is 18.7 Å². The molecule has 6 heteroatoms. The summed E-state index contributed by atoms with van der Waals surface area (Å²) in [5, 5.41) is 9.62. The Hall–Kier alpha value is -2.24. The number of carbonyl (C=O) groups is 1. The molecule has 32 heavy (non-hydrogen) atoms. The van der Waals surface area contributed by atoms with Crippen LogP contribution in [0.4, 0.5) is 5.69 Å². The molecule has 0 amide bonds. The van der Waals surface area contributed by atoms with Crippen LogP contribution in [0.1, 0.15) is 60.9 Å². The predicted molar refractivity (Wildman–Crippen MR) is 124 cm³/mol. The zero-order valence-corrected chi connectivity index (χ0v) is 18.9. The van der Waals surface area contributed by atoms with Crippen LogP contribution >= 0.6 is 11.6 Å². The van der Waals surface area contributed by atoms with Gasteiger partial charge in [-0.1, -0.05) is 23.7 Å². The van der Waals surface area contributed by atoms with E-state index in [-0.39, 0.29) is 5.56 Å². The summed E-state index contributed by atoms with van der Waals surface area (Å²) in [7, 11) is 0. The number of ether oxygens (including phenoxy) is 1. The third kappa shape index (κ3) is 4.46. The van der Waals surface area contributed by atoms with Crippen LogP contribution in [-0.4, -0.2) is 24.3 Å². The van der Waals surface area contributed by atoms with Crippen molar-refractivity contribution in [2.45, 2.75) is 50.4 Å². The summed E-state index contributed by atoms with van der Waals surface area (Å²) in [5.74, 6) is 2.68. The van der Waals surface area contributed by atoms with E-state index in [9.17, 15) is 9.90 Å². The highest BCUT2D eigenvalue weighted by Gasteiger charge is 2.51. The highest BCUT2D eigenvalue weighted by atomic mass is 35.5. The summed E-state index contributed by atoms with van der Waals surface area (Å²) < 4.78 is 5.89. The van der Waals surface area contributed by atoms with Gasteiger partial charge in [-0.3, -0.25) is 10.3 Å². The Morgan fingerprint density at radius 1 is 1.00 bits per heavy atom. The smallest absolute Gasteiger partial charge is 0.337 e. The van der Waals surface area contributed by atoms with Gasteiger partial charge in [0.05, 0.1) is 24.5 Å². The largest absolute Gasteiger partial charge is 0.494 e. The summed E-state index contributed by atoms with van der Waals surface area (Å²) in [6.45, 7) is 0.928. The second-order valence-electron chi connectivity index (χ2n) is 9.87. The first-order valence-electron chi connectivity index (χ1n) is 11.6. The van der Waals surface area contributed by atoms with Gasteiger partial charge in [0, 0.05) is 11.4 Å². The van der Waals surface area contributed by atoms with Crippen LogP contribution in [-0.2, 0) is 10.3 Å². The SMILES string of the molecule is O=C(O)c1cc(Cl)ccc1NOCCCOc1ccc(C23CC4CC(CC(C4)C2)C3)cc1. The molecule has 0 atom stereocenters. The second-order valence-corrected chi connectivity index (χ2v) is 10.3. The fourth-order valence-corrected chi connectivity index (χ4v) is 6.77. The number of benzene rings is 2. The molecule has 0 aliphatic heterocycles. The first-order chi connectivity index (χ1) is 15.5. The molecular weight excluding hydrogens is 426 g/mol. The molecule has 0 unspecified atom stereocenters. The predicted octanol–water partition coefficient (Wildman–Crippen LogP) is 6.32. The Balaban J connectivity index is 1.08. The van der Waals surface area contributed by atoms with Crippen LogP contribution in [0.3, 0.4) is 0 Å². The molecule has 5 nitrogen and oxygen atoms in total. The van der Waals surface area contributed by atoms with E-state index < -0.39 is 5.97 Å². The molecule has 0 spiro atoms. The second kappa shape index (κ2) is 8.95. The molecule has 4 bridgehead atoms. The quantitative estimate of drug-likeness (QED) is 0.342. The van der Waals surface area contributed by atoms with Crippen molar-refractivity contribution in [3.63, 3.8) is 0 Å². The van der Waals surface area contributed by atoms with Crippen molar-refractivity contribution in [3.8, 4) is 5.75 Å². The fourth-order valence-electron chi connectivity index (χ4n) is 6.60. The van der Waals surface area contributed by atoms with Crippen molar-refractivity contribution in [2.24, 2.45) is 17.8 Å². The first kappa shape index (κ1) is 21.6. The van der Waals surface area contributed by atoms with E-state index in [1.165, 1.54) is 50.2 Å². The van der Waals surface area contributed by atoms with E-state index in [1.54, 1.807) is 12.1 Å². The third-order valence-electron chi connectivity index (χ3n) is 7.56. The van der Waals surface area contributed by atoms with Gasteiger partial charge in [0.25, 0.3) is 0 Å². The minimum absolute atomic E-state index is 0.0767. The Morgan fingerprint density at radius 2 is 1.66 bits per heavy atom. The number of nitrogens with one attached hydrogen (secondary N) is 1. The third-order valence-corrected chi connectivity index (χ3v) is 7.79. The molecule has 2 aromatic rings. The normalized spacial score (nSPS) is 28.0. The molecule has 170 valence electrons. The molecule has 2 N–H and O–H groups in total. The molecule has 0 heterocycles. The Labute approximate surface area is 194 Å². The highest BCUT2D eigenvalue weighted by Crippen LogP contribution is 2.60. The average Bonchev–Trinajstić information content (AvgIpc) is 2.76. The van der Waals surface area contributed by atoms with Gasteiger partial charge < -0.3 is 9.84 Å². The molecular formula is C26H30ClNO4. The van der Waals surface area contributed by atoms with Gasteiger partial charge in [-0.15, -0.1) is 0 Å². The van der Waals surface area contributed by atoms with Crippen LogP contribution in [0.5, 0.6) is 5.75 Å². The Bertz CT molecular complexity index is 939. The molecule has 4 aliphatic rings. The Kier molecular flexibility index (Phi) is 6.04. The van der Waals surface area contributed by atoms with E-state index in [0.29, 0.717) is 35.8 Å². The number of hydrogen-bond donors (Lipinski definition) is 2.